The van der Waals surface area contributed by atoms with Crippen LogP contribution in [0.25, 0.3) is 27.6 Å². The molecule has 0 atom stereocenters. The van der Waals surface area contributed by atoms with Crippen LogP contribution in [0.5, 0.6) is 0 Å². The van der Waals surface area contributed by atoms with Gasteiger partial charge in [-0.1, -0.05) is 24.3 Å². The number of rotatable bonds is 7. The molecule has 1 aliphatic rings. The molecule has 7 rings (SSSR count). The summed E-state index contributed by atoms with van der Waals surface area (Å²) in [5.41, 5.74) is 3.64. The average Bonchev–Trinajstić information content (AvgIpc) is 3.64. The van der Waals surface area contributed by atoms with Gasteiger partial charge in [-0.3, -0.25) is 14.0 Å². The topological polar surface area (TPSA) is 114 Å². The molecule has 0 radical (unpaired) electrons. The van der Waals surface area contributed by atoms with Crippen LogP contribution < -0.4 is 15.5 Å². The summed E-state index contributed by atoms with van der Waals surface area (Å²) in [4.78, 5) is 41.5. The van der Waals surface area contributed by atoms with Crippen LogP contribution in [-0.4, -0.2) is 50.9 Å². The summed E-state index contributed by atoms with van der Waals surface area (Å²) < 4.78 is 35.6. The average molecular weight is 624 g/mol. The number of carbonyl (C=O) groups excluding carboxylic acids is 2. The van der Waals surface area contributed by atoms with Gasteiger partial charge < -0.3 is 20.3 Å². The molecule has 1 aliphatic heterocycles. The van der Waals surface area contributed by atoms with Gasteiger partial charge >= 0.3 is 0 Å². The predicted molar refractivity (Wildman–Crippen MR) is 167 cm³/mol. The van der Waals surface area contributed by atoms with Crippen LogP contribution in [0.2, 0.25) is 0 Å². The van der Waals surface area contributed by atoms with Crippen LogP contribution in [0.15, 0.2) is 90.6 Å². The molecule has 0 aliphatic carbocycles. The van der Waals surface area contributed by atoms with E-state index in [2.05, 4.69) is 15.6 Å². The van der Waals surface area contributed by atoms with Crippen molar-refractivity contribution in [2.75, 3.05) is 35.3 Å². The largest absolute Gasteiger partial charge is 0.370 e. The van der Waals surface area contributed by atoms with E-state index in [-0.39, 0.29) is 12.5 Å². The molecular weight excluding hydrogens is 600 g/mol. The normalized spacial score (nSPS) is 13.3. The Morgan fingerprint density at radius 3 is 2.60 bits per heavy atom. The van der Waals surface area contributed by atoms with Crippen molar-refractivity contribution in [1.29, 1.82) is 0 Å². The molecule has 0 spiro atoms. The van der Waals surface area contributed by atoms with Crippen molar-refractivity contribution in [3.05, 3.63) is 108 Å². The number of amides is 2. The van der Waals surface area contributed by atoms with Crippen molar-refractivity contribution in [1.82, 2.24) is 19.4 Å². The van der Waals surface area contributed by atoms with E-state index in [0.717, 1.165) is 22.8 Å². The predicted octanol–water partition coefficient (Wildman–Crippen LogP) is 6.16. The van der Waals surface area contributed by atoms with Crippen molar-refractivity contribution >= 4 is 51.1 Å². The number of imidazole rings is 1. The molecular formula is C32H23F2N7O3S. The quantitative estimate of drug-likeness (QED) is 0.219. The Hall–Kier alpha value is -5.53. The van der Waals surface area contributed by atoms with Gasteiger partial charge in [0.25, 0.3) is 11.8 Å². The second-order valence-corrected chi connectivity index (χ2v) is 10.9. The third-order valence-corrected chi connectivity index (χ3v) is 7.90. The summed E-state index contributed by atoms with van der Waals surface area (Å²) in [7, 11) is 0. The molecule has 2 N–H and O–H groups in total. The van der Waals surface area contributed by atoms with Crippen molar-refractivity contribution in [2.45, 2.75) is 0 Å². The Kier molecular flexibility index (Phi) is 7.45. The Bertz CT molecular complexity index is 2060. The van der Waals surface area contributed by atoms with Crippen LogP contribution in [0, 0.1) is 11.6 Å². The Morgan fingerprint density at radius 2 is 1.76 bits per heavy atom. The second kappa shape index (κ2) is 11.9. The summed E-state index contributed by atoms with van der Waals surface area (Å²) in [5, 5.41) is 7.73. The first-order valence-electron chi connectivity index (χ1n) is 13.8. The van der Waals surface area contributed by atoms with Gasteiger partial charge in [-0.15, -0.1) is 11.3 Å². The van der Waals surface area contributed by atoms with E-state index in [4.69, 9.17) is 14.7 Å². The second-order valence-electron chi connectivity index (χ2n) is 10.0. The molecule has 4 heterocycles. The number of nitrogens with one attached hydrogen (secondary N) is 2. The lowest BCUT2D eigenvalue weighted by molar-refractivity contribution is -0.125. The number of anilines is 4. The van der Waals surface area contributed by atoms with E-state index in [1.54, 1.807) is 35.4 Å². The van der Waals surface area contributed by atoms with E-state index >= 15 is 0 Å². The fourth-order valence-electron chi connectivity index (χ4n) is 5.11. The SMILES string of the molecule is O=C(Nc1cccc(-c2nc3sccn3c2-c2ccnc(Nc3cccc(N4CCOCC4=O)c3)n2)c1)c1c(F)cccc1F. The molecule has 224 valence electrons. The molecule has 10 nitrogen and oxygen atoms in total. The zero-order valence-electron chi connectivity index (χ0n) is 23.4. The maximum atomic E-state index is 14.2. The van der Waals surface area contributed by atoms with Crippen LogP contribution in [-0.2, 0) is 9.53 Å². The first-order chi connectivity index (χ1) is 21.9. The van der Waals surface area contributed by atoms with Gasteiger partial charge in [-0.25, -0.2) is 23.7 Å². The highest BCUT2D eigenvalue weighted by molar-refractivity contribution is 7.15. The molecule has 3 aromatic heterocycles. The lowest BCUT2D eigenvalue weighted by Crippen LogP contribution is -2.41. The van der Waals surface area contributed by atoms with Gasteiger partial charge in [-0.05, 0) is 48.5 Å². The number of nitrogens with zero attached hydrogens (tertiary/aromatic N) is 5. The number of carbonyl (C=O) groups is 2. The van der Waals surface area contributed by atoms with Gasteiger partial charge in [-0.2, -0.15) is 0 Å². The zero-order chi connectivity index (χ0) is 30.9. The first-order valence-corrected chi connectivity index (χ1v) is 14.7. The highest BCUT2D eigenvalue weighted by Crippen LogP contribution is 2.35. The summed E-state index contributed by atoms with van der Waals surface area (Å²) >= 11 is 1.45. The Morgan fingerprint density at radius 1 is 0.956 bits per heavy atom. The number of benzene rings is 3. The van der Waals surface area contributed by atoms with Crippen LogP contribution in [0.1, 0.15) is 10.4 Å². The summed E-state index contributed by atoms with van der Waals surface area (Å²) in [5.74, 6) is -2.57. The lowest BCUT2D eigenvalue weighted by atomic mass is 10.1. The van der Waals surface area contributed by atoms with E-state index in [9.17, 15) is 18.4 Å². The van der Waals surface area contributed by atoms with Gasteiger partial charge in [0, 0.05) is 46.9 Å². The molecule has 1 saturated heterocycles. The highest BCUT2D eigenvalue weighted by Gasteiger charge is 2.22. The van der Waals surface area contributed by atoms with Crippen LogP contribution in [0.4, 0.5) is 31.8 Å². The number of aromatic nitrogens is 4. The van der Waals surface area contributed by atoms with Gasteiger partial charge in [0.2, 0.25) is 5.95 Å². The molecule has 6 aromatic rings. The Labute approximate surface area is 259 Å². The van der Waals surface area contributed by atoms with Gasteiger partial charge in [0.05, 0.1) is 18.0 Å². The maximum Gasteiger partial charge on any atom is 0.261 e. The lowest BCUT2D eigenvalue weighted by Gasteiger charge is -2.27. The summed E-state index contributed by atoms with van der Waals surface area (Å²) in [6.07, 6.45) is 3.52. The summed E-state index contributed by atoms with van der Waals surface area (Å²) in [6, 6.07) is 19.3. The maximum absolute atomic E-state index is 14.2. The molecule has 0 saturated carbocycles. The number of fused-ring (bicyclic) bond motifs is 1. The van der Waals surface area contributed by atoms with Crippen molar-refractivity contribution in [3.63, 3.8) is 0 Å². The fourth-order valence-corrected chi connectivity index (χ4v) is 5.82. The van der Waals surface area contributed by atoms with Gasteiger partial charge in [0.1, 0.15) is 29.5 Å². The van der Waals surface area contributed by atoms with E-state index in [1.807, 2.05) is 46.3 Å². The molecule has 1 fully saturated rings. The van der Waals surface area contributed by atoms with E-state index < -0.39 is 23.1 Å². The van der Waals surface area contributed by atoms with Crippen molar-refractivity contribution in [2.24, 2.45) is 0 Å². The standard InChI is InChI=1S/C32H23F2N7O3S/c33-23-8-3-9-24(34)27(23)30(43)36-20-5-1-4-19(16-20)28-29(41-13-15-45-32(41)39-28)25-10-11-35-31(38-25)37-21-6-2-7-22(17-21)40-12-14-44-18-26(40)42/h1-11,13,15-17H,12,14,18H2,(H,36,43)(H,35,37,38). The minimum absolute atomic E-state index is 0.0486. The zero-order valence-corrected chi connectivity index (χ0v) is 24.2. The highest BCUT2D eigenvalue weighted by atomic mass is 32.1. The van der Waals surface area contributed by atoms with E-state index in [1.165, 1.54) is 17.4 Å². The van der Waals surface area contributed by atoms with Crippen molar-refractivity contribution in [3.8, 4) is 22.6 Å². The van der Waals surface area contributed by atoms with Crippen molar-refractivity contribution < 1.29 is 23.1 Å². The molecule has 0 unspecified atom stereocenters. The summed E-state index contributed by atoms with van der Waals surface area (Å²) in [6.45, 7) is 0.992. The smallest absolute Gasteiger partial charge is 0.261 e. The number of morpholine rings is 1. The van der Waals surface area contributed by atoms with E-state index in [0.29, 0.717) is 53.1 Å². The fraction of sp³-hybridized carbons (Fsp3) is 0.0938. The molecule has 0 bridgehead atoms. The van der Waals surface area contributed by atoms with Crippen LogP contribution >= 0.6 is 11.3 Å². The molecule has 45 heavy (non-hydrogen) atoms. The first kappa shape index (κ1) is 28.3. The van der Waals surface area contributed by atoms with Crippen LogP contribution in [0.3, 0.4) is 0 Å². The monoisotopic (exact) mass is 623 g/mol. The third-order valence-electron chi connectivity index (χ3n) is 7.14. The van der Waals surface area contributed by atoms with Gasteiger partial charge in [0.15, 0.2) is 4.96 Å². The molecule has 2 amide bonds. The third kappa shape index (κ3) is 5.61. The number of halogens is 2. The number of hydrogen-bond acceptors (Lipinski definition) is 8. The number of thiazole rings is 1. The number of hydrogen-bond donors (Lipinski definition) is 2. The minimum Gasteiger partial charge on any atom is -0.370 e. The Balaban J connectivity index is 1.20. The molecule has 13 heteroatoms. The molecule has 3 aromatic carbocycles. The minimum atomic E-state index is -0.949. The number of ether oxygens (including phenoxy) is 1.